The highest BCUT2D eigenvalue weighted by molar-refractivity contribution is 5.57. The maximum absolute atomic E-state index is 4.72. The van der Waals surface area contributed by atoms with Gasteiger partial charge in [0.2, 0.25) is 0 Å². The normalized spacial score (nSPS) is 12.4. The quantitative estimate of drug-likeness (QED) is 0.815. The molecule has 0 saturated heterocycles. The minimum Gasteiger partial charge on any atom is -0.373 e. The van der Waals surface area contributed by atoms with Gasteiger partial charge in [-0.25, -0.2) is 9.97 Å². The van der Waals surface area contributed by atoms with Crippen LogP contribution in [0.5, 0.6) is 0 Å². The molecule has 0 atom stereocenters. The van der Waals surface area contributed by atoms with Gasteiger partial charge in [-0.1, -0.05) is 27.7 Å². The van der Waals surface area contributed by atoms with Crippen LogP contribution in [0.4, 0.5) is 11.6 Å². The Balaban J connectivity index is 3.08. The average Bonchev–Trinajstić information content (AvgIpc) is 2.29. The summed E-state index contributed by atoms with van der Waals surface area (Å²) in [4.78, 5) is 9.31. The van der Waals surface area contributed by atoms with E-state index in [1.165, 1.54) is 0 Å². The number of nitrogens with one attached hydrogen (secondary N) is 2. The molecule has 0 spiro atoms. The summed E-state index contributed by atoms with van der Waals surface area (Å²) >= 11 is 0. The second kappa shape index (κ2) is 6.63. The number of rotatable bonds is 6. The molecule has 0 bridgehead atoms. The maximum Gasteiger partial charge on any atom is 0.135 e. The molecule has 0 unspecified atom stereocenters. The van der Waals surface area contributed by atoms with Gasteiger partial charge in [0.05, 0.1) is 0 Å². The van der Waals surface area contributed by atoms with Crippen LogP contribution in [-0.2, 0) is 6.42 Å². The van der Waals surface area contributed by atoms with Crippen molar-refractivity contribution in [1.82, 2.24) is 9.97 Å². The van der Waals surface area contributed by atoms with Crippen molar-refractivity contribution in [3.63, 3.8) is 0 Å². The smallest absolute Gasteiger partial charge is 0.135 e. The van der Waals surface area contributed by atoms with Crippen LogP contribution in [0.15, 0.2) is 0 Å². The second-order valence-electron chi connectivity index (χ2n) is 7.71. The molecule has 0 aromatic carbocycles. The molecule has 1 heterocycles. The number of aromatic nitrogens is 2. The van der Waals surface area contributed by atoms with Crippen molar-refractivity contribution in [3.05, 3.63) is 11.4 Å². The molecule has 4 heteroatoms. The fraction of sp³-hybridized carbons (Fsp3) is 0.765. The van der Waals surface area contributed by atoms with E-state index in [1.54, 1.807) is 0 Å². The van der Waals surface area contributed by atoms with Gasteiger partial charge >= 0.3 is 0 Å². The van der Waals surface area contributed by atoms with Gasteiger partial charge in [0.1, 0.15) is 17.5 Å². The lowest BCUT2D eigenvalue weighted by Gasteiger charge is -2.34. The molecule has 0 amide bonds. The van der Waals surface area contributed by atoms with E-state index in [1.807, 2.05) is 7.05 Å². The van der Waals surface area contributed by atoms with Gasteiger partial charge in [0, 0.05) is 24.6 Å². The van der Waals surface area contributed by atoms with Crippen molar-refractivity contribution in [2.75, 3.05) is 17.7 Å². The topological polar surface area (TPSA) is 49.8 Å². The molecule has 0 aliphatic carbocycles. The molecule has 21 heavy (non-hydrogen) atoms. The van der Waals surface area contributed by atoms with Gasteiger partial charge in [-0.15, -0.1) is 0 Å². The van der Waals surface area contributed by atoms with E-state index in [4.69, 9.17) is 4.98 Å². The van der Waals surface area contributed by atoms with Crippen LogP contribution < -0.4 is 10.6 Å². The minimum atomic E-state index is -0.00808. The first-order valence-corrected chi connectivity index (χ1v) is 7.91. The first kappa shape index (κ1) is 17.7. The first-order valence-electron chi connectivity index (χ1n) is 7.91. The lowest BCUT2D eigenvalue weighted by molar-refractivity contribution is 0.302. The Labute approximate surface area is 130 Å². The Bertz CT molecular complexity index is 472. The standard InChI is InChI=1S/C17H32N4/c1-9-10-13-19-14(18-8)12(2)15(20-13)21-17(6,7)11-16(3,4)5/h9-11H2,1-8H3,(H2,18,19,20,21). The minimum absolute atomic E-state index is 0.00808. The van der Waals surface area contributed by atoms with Crippen molar-refractivity contribution in [1.29, 1.82) is 0 Å². The van der Waals surface area contributed by atoms with Gasteiger partial charge in [0.25, 0.3) is 0 Å². The van der Waals surface area contributed by atoms with Crippen molar-refractivity contribution in [2.24, 2.45) is 5.41 Å². The van der Waals surface area contributed by atoms with Gasteiger partial charge in [-0.3, -0.25) is 0 Å². The van der Waals surface area contributed by atoms with Gasteiger partial charge in [-0.05, 0) is 39.0 Å². The van der Waals surface area contributed by atoms with Crippen LogP contribution in [0.2, 0.25) is 0 Å². The number of aryl methyl sites for hydroxylation is 1. The van der Waals surface area contributed by atoms with E-state index in [2.05, 4.69) is 64.1 Å². The van der Waals surface area contributed by atoms with E-state index in [0.29, 0.717) is 0 Å². The van der Waals surface area contributed by atoms with Crippen LogP contribution >= 0.6 is 0 Å². The summed E-state index contributed by atoms with van der Waals surface area (Å²) in [6.45, 7) is 15.5. The highest BCUT2D eigenvalue weighted by Crippen LogP contribution is 2.31. The predicted octanol–water partition coefficient (Wildman–Crippen LogP) is 4.41. The number of nitrogens with zero attached hydrogens (tertiary/aromatic N) is 2. The molecule has 0 fully saturated rings. The monoisotopic (exact) mass is 292 g/mol. The van der Waals surface area contributed by atoms with E-state index in [9.17, 15) is 0 Å². The van der Waals surface area contributed by atoms with E-state index < -0.39 is 0 Å². The fourth-order valence-electron chi connectivity index (χ4n) is 2.95. The van der Waals surface area contributed by atoms with Crippen LogP contribution in [0.25, 0.3) is 0 Å². The third kappa shape index (κ3) is 5.52. The Morgan fingerprint density at radius 2 is 1.57 bits per heavy atom. The molecule has 120 valence electrons. The molecule has 2 N–H and O–H groups in total. The molecule has 1 aromatic heterocycles. The van der Waals surface area contributed by atoms with Crippen molar-refractivity contribution in [3.8, 4) is 0 Å². The molecule has 0 aliphatic heterocycles. The van der Waals surface area contributed by atoms with E-state index >= 15 is 0 Å². The Hall–Kier alpha value is -1.32. The molecule has 1 aromatic rings. The summed E-state index contributed by atoms with van der Waals surface area (Å²) in [7, 11) is 1.91. The van der Waals surface area contributed by atoms with Crippen molar-refractivity contribution < 1.29 is 0 Å². The second-order valence-corrected chi connectivity index (χ2v) is 7.71. The SMILES string of the molecule is CCCc1nc(NC)c(C)c(NC(C)(C)CC(C)(C)C)n1. The molecule has 0 radical (unpaired) electrons. The zero-order chi connectivity index (χ0) is 16.3. The zero-order valence-electron chi connectivity index (χ0n) is 15.0. The lowest BCUT2D eigenvalue weighted by atomic mass is 9.82. The summed E-state index contributed by atoms with van der Waals surface area (Å²) in [5.74, 6) is 2.77. The summed E-state index contributed by atoms with van der Waals surface area (Å²) in [6, 6.07) is 0. The summed E-state index contributed by atoms with van der Waals surface area (Å²) in [6.07, 6.45) is 3.03. The highest BCUT2D eigenvalue weighted by Gasteiger charge is 2.26. The summed E-state index contributed by atoms with van der Waals surface area (Å²) in [5, 5.41) is 6.80. The molecule has 0 saturated carbocycles. The number of anilines is 2. The molecular formula is C17H32N4. The van der Waals surface area contributed by atoms with E-state index in [-0.39, 0.29) is 11.0 Å². The Morgan fingerprint density at radius 3 is 2.05 bits per heavy atom. The third-order valence-electron chi connectivity index (χ3n) is 3.33. The van der Waals surface area contributed by atoms with E-state index in [0.717, 1.165) is 42.3 Å². The molecule has 1 rings (SSSR count). The maximum atomic E-state index is 4.72. The van der Waals surface area contributed by atoms with Crippen molar-refractivity contribution >= 4 is 11.6 Å². The van der Waals surface area contributed by atoms with Gasteiger partial charge in [-0.2, -0.15) is 0 Å². The Kier molecular flexibility index (Phi) is 5.60. The Morgan fingerprint density at radius 1 is 1.00 bits per heavy atom. The van der Waals surface area contributed by atoms with Crippen LogP contribution in [0.1, 0.15) is 65.8 Å². The summed E-state index contributed by atoms with van der Waals surface area (Å²) in [5.41, 5.74) is 1.35. The molecular weight excluding hydrogens is 260 g/mol. The van der Waals surface area contributed by atoms with Crippen LogP contribution in [0, 0.1) is 12.3 Å². The van der Waals surface area contributed by atoms with Crippen molar-refractivity contribution in [2.45, 2.75) is 73.3 Å². The van der Waals surface area contributed by atoms with Crippen LogP contribution in [0.3, 0.4) is 0 Å². The largest absolute Gasteiger partial charge is 0.373 e. The van der Waals surface area contributed by atoms with Gasteiger partial charge < -0.3 is 10.6 Å². The lowest BCUT2D eigenvalue weighted by Crippen LogP contribution is -2.36. The predicted molar refractivity (Wildman–Crippen MR) is 92.1 cm³/mol. The highest BCUT2D eigenvalue weighted by atomic mass is 15.1. The van der Waals surface area contributed by atoms with Gasteiger partial charge in [0.15, 0.2) is 0 Å². The molecule has 0 aliphatic rings. The number of hydrogen-bond acceptors (Lipinski definition) is 4. The average molecular weight is 292 g/mol. The molecule has 4 nitrogen and oxygen atoms in total. The zero-order valence-corrected chi connectivity index (χ0v) is 15.0. The first-order chi connectivity index (χ1) is 9.58. The summed E-state index contributed by atoms with van der Waals surface area (Å²) < 4.78 is 0. The third-order valence-corrected chi connectivity index (χ3v) is 3.33. The number of hydrogen-bond donors (Lipinski definition) is 2. The van der Waals surface area contributed by atoms with Crippen LogP contribution in [-0.4, -0.2) is 22.6 Å². The fourth-order valence-corrected chi connectivity index (χ4v) is 2.95.